The Morgan fingerprint density at radius 2 is 1.62 bits per heavy atom. The van der Waals surface area contributed by atoms with Crippen LogP contribution in [0.2, 0.25) is 5.02 Å². The van der Waals surface area contributed by atoms with Gasteiger partial charge in [-0.2, -0.15) is 10.2 Å². The third-order valence-corrected chi connectivity index (χ3v) is 6.86. The summed E-state index contributed by atoms with van der Waals surface area (Å²) in [6.07, 6.45) is 1.74. The fourth-order valence-corrected chi connectivity index (χ4v) is 4.73. The maximum Gasteiger partial charge on any atom is 0.127 e. The molecule has 40 heavy (non-hydrogen) atoms. The Balaban J connectivity index is 1.60. The quantitative estimate of drug-likeness (QED) is 0.188. The van der Waals surface area contributed by atoms with E-state index in [1.807, 2.05) is 63.2 Å². The van der Waals surface area contributed by atoms with Crippen LogP contribution < -0.4 is 14.8 Å². The molecule has 8 heteroatoms. The van der Waals surface area contributed by atoms with E-state index >= 15 is 0 Å². The number of rotatable bonds is 11. The van der Waals surface area contributed by atoms with E-state index in [4.69, 9.17) is 30.5 Å². The van der Waals surface area contributed by atoms with Crippen molar-refractivity contribution in [3.05, 3.63) is 76.9 Å². The smallest absolute Gasteiger partial charge is 0.127 e. The summed E-state index contributed by atoms with van der Waals surface area (Å²) < 4.78 is 23.0. The van der Waals surface area contributed by atoms with Gasteiger partial charge in [-0.1, -0.05) is 23.7 Å². The molecule has 0 amide bonds. The van der Waals surface area contributed by atoms with Crippen LogP contribution >= 0.6 is 11.6 Å². The highest BCUT2D eigenvalue weighted by Gasteiger charge is 2.26. The summed E-state index contributed by atoms with van der Waals surface area (Å²) in [5.74, 6) is 1.50. The van der Waals surface area contributed by atoms with Crippen LogP contribution in [0.15, 0.2) is 60.8 Å². The molecule has 1 heterocycles. The van der Waals surface area contributed by atoms with Gasteiger partial charge in [0.25, 0.3) is 0 Å². The molecule has 0 aliphatic rings. The van der Waals surface area contributed by atoms with Crippen LogP contribution in [0, 0.1) is 0 Å². The normalized spacial score (nSPS) is 12.0. The van der Waals surface area contributed by atoms with Gasteiger partial charge in [0.05, 0.1) is 56.0 Å². The molecule has 0 atom stereocenters. The van der Waals surface area contributed by atoms with Crippen molar-refractivity contribution in [2.75, 3.05) is 32.8 Å². The average molecular weight is 564 g/mol. The molecule has 0 spiro atoms. The molecule has 1 N–H and O–H groups in total. The number of methoxy groups -OCH3 is 2. The number of fused-ring (bicyclic) bond motifs is 1. The summed E-state index contributed by atoms with van der Waals surface area (Å²) in [5, 5.41) is 13.8. The van der Waals surface area contributed by atoms with Gasteiger partial charge in [0.15, 0.2) is 0 Å². The Morgan fingerprint density at radius 1 is 0.850 bits per heavy atom. The Bertz CT molecular complexity index is 1470. The number of ether oxygens (including phenoxy) is 4. The van der Waals surface area contributed by atoms with Crippen LogP contribution in [-0.4, -0.2) is 43.2 Å². The van der Waals surface area contributed by atoms with Gasteiger partial charge in [-0.05, 0) is 87.7 Å². The zero-order valence-electron chi connectivity index (χ0n) is 24.3. The van der Waals surface area contributed by atoms with Crippen molar-refractivity contribution in [2.24, 2.45) is 0 Å². The third kappa shape index (κ3) is 7.22. The molecule has 0 radical (unpaired) electrons. The summed E-state index contributed by atoms with van der Waals surface area (Å²) >= 11 is 6.46. The highest BCUT2D eigenvalue weighted by atomic mass is 35.5. The molecule has 4 rings (SSSR count). The van der Waals surface area contributed by atoms with E-state index < -0.39 is 5.60 Å². The number of hydrogen-bond donors (Lipinski definition) is 1. The van der Waals surface area contributed by atoms with Gasteiger partial charge in [0.1, 0.15) is 11.5 Å². The second-order valence-corrected chi connectivity index (χ2v) is 11.5. The number of benzene rings is 3. The van der Waals surface area contributed by atoms with E-state index in [2.05, 4.69) is 41.5 Å². The van der Waals surface area contributed by atoms with Crippen LogP contribution in [0.3, 0.4) is 0 Å². The number of aromatic nitrogens is 2. The number of halogens is 1. The van der Waals surface area contributed by atoms with Crippen molar-refractivity contribution in [1.82, 2.24) is 10.2 Å². The maximum atomic E-state index is 6.46. The Kier molecular flexibility index (Phi) is 9.19. The number of nitrogens with zero attached hydrogens (tertiary/aromatic N) is 2. The molecular weight excluding hydrogens is 526 g/mol. The van der Waals surface area contributed by atoms with E-state index in [-0.39, 0.29) is 5.60 Å². The third-order valence-electron chi connectivity index (χ3n) is 6.63. The monoisotopic (exact) mass is 563 g/mol. The summed E-state index contributed by atoms with van der Waals surface area (Å²) in [4.78, 5) is 0. The van der Waals surface area contributed by atoms with Crippen LogP contribution in [0.4, 0.5) is 5.69 Å². The average Bonchev–Trinajstić information content (AvgIpc) is 2.93. The summed E-state index contributed by atoms with van der Waals surface area (Å²) in [5.41, 5.74) is 4.87. The number of hydrogen-bond acceptors (Lipinski definition) is 7. The van der Waals surface area contributed by atoms with Crippen molar-refractivity contribution in [1.29, 1.82) is 0 Å². The molecule has 0 aliphatic carbocycles. The standard InChI is InChI=1S/C32H38ClN3O4/c1-31(2,3)39-14-15-40-32(4,5)27-13-10-23(33)17-26(27)21-9-12-25-28(16-21)36-35-20-29(25)34-19-22-8-11-24(37-6)18-30(22)38-7/h8-13,16-18,20H,14-15,19H2,1-7H3,(H,34,36). The summed E-state index contributed by atoms with van der Waals surface area (Å²) in [6, 6.07) is 17.8. The SMILES string of the molecule is COc1ccc(CNc2cnnc3cc(-c4cc(Cl)ccc4C(C)(C)OCCOC(C)(C)C)ccc23)c(OC)c1. The molecule has 0 saturated carbocycles. The largest absolute Gasteiger partial charge is 0.497 e. The fourth-order valence-electron chi connectivity index (χ4n) is 4.56. The van der Waals surface area contributed by atoms with E-state index in [1.165, 1.54) is 0 Å². The first-order chi connectivity index (χ1) is 19.0. The van der Waals surface area contributed by atoms with Crippen molar-refractivity contribution in [3.63, 3.8) is 0 Å². The van der Waals surface area contributed by atoms with E-state index in [1.54, 1.807) is 20.4 Å². The topological polar surface area (TPSA) is 74.7 Å². The molecule has 3 aromatic carbocycles. The van der Waals surface area contributed by atoms with Gasteiger partial charge in [-0.3, -0.25) is 0 Å². The van der Waals surface area contributed by atoms with Gasteiger partial charge in [-0.25, -0.2) is 0 Å². The summed E-state index contributed by atoms with van der Waals surface area (Å²) in [6.45, 7) is 11.8. The van der Waals surface area contributed by atoms with Crippen LogP contribution in [0.1, 0.15) is 45.7 Å². The van der Waals surface area contributed by atoms with Crippen molar-refractivity contribution >= 4 is 28.2 Å². The lowest BCUT2D eigenvalue weighted by atomic mass is 9.89. The van der Waals surface area contributed by atoms with Crippen LogP contribution in [0.25, 0.3) is 22.0 Å². The van der Waals surface area contributed by atoms with Crippen LogP contribution in [0.5, 0.6) is 11.5 Å². The van der Waals surface area contributed by atoms with Crippen molar-refractivity contribution < 1.29 is 18.9 Å². The Labute approximate surface area is 241 Å². The van der Waals surface area contributed by atoms with Crippen molar-refractivity contribution in [2.45, 2.75) is 52.4 Å². The van der Waals surface area contributed by atoms with Gasteiger partial charge < -0.3 is 24.3 Å². The highest BCUT2D eigenvalue weighted by Crippen LogP contribution is 2.37. The maximum absolute atomic E-state index is 6.46. The zero-order chi connectivity index (χ0) is 28.9. The van der Waals surface area contributed by atoms with E-state index in [9.17, 15) is 0 Å². The Hall–Kier alpha value is -3.39. The predicted molar refractivity (Wildman–Crippen MR) is 162 cm³/mol. The molecular formula is C32H38ClN3O4. The molecule has 0 aliphatic heterocycles. The molecule has 0 saturated heterocycles. The minimum Gasteiger partial charge on any atom is -0.497 e. The molecule has 0 fully saturated rings. The van der Waals surface area contributed by atoms with E-state index in [0.29, 0.717) is 24.8 Å². The Morgan fingerprint density at radius 3 is 2.35 bits per heavy atom. The fraction of sp³-hybridized carbons (Fsp3) is 0.375. The molecule has 212 valence electrons. The first kappa shape index (κ1) is 29.6. The van der Waals surface area contributed by atoms with Crippen LogP contribution in [-0.2, 0) is 21.6 Å². The summed E-state index contributed by atoms with van der Waals surface area (Å²) in [7, 11) is 3.29. The molecule has 4 aromatic rings. The van der Waals surface area contributed by atoms with Gasteiger partial charge in [-0.15, -0.1) is 0 Å². The minimum atomic E-state index is -0.567. The second kappa shape index (κ2) is 12.4. The number of anilines is 1. The molecule has 7 nitrogen and oxygen atoms in total. The number of nitrogens with one attached hydrogen (secondary N) is 1. The van der Waals surface area contributed by atoms with E-state index in [0.717, 1.165) is 50.3 Å². The molecule has 0 unspecified atom stereocenters. The minimum absolute atomic E-state index is 0.209. The lowest BCUT2D eigenvalue weighted by Gasteiger charge is -2.29. The first-order valence-corrected chi connectivity index (χ1v) is 13.7. The first-order valence-electron chi connectivity index (χ1n) is 13.3. The van der Waals surface area contributed by atoms with Gasteiger partial charge >= 0.3 is 0 Å². The molecule has 1 aromatic heterocycles. The highest BCUT2D eigenvalue weighted by molar-refractivity contribution is 6.30. The van der Waals surface area contributed by atoms with Crippen molar-refractivity contribution in [3.8, 4) is 22.6 Å². The second-order valence-electron chi connectivity index (χ2n) is 11.0. The lowest BCUT2D eigenvalue weighted by molar-refractivity contribution is -0.0809. The van der Waals surface area contributed by atoms with Gasteiger partial charge in [0.2, 0.25) is 0 Å². The zero-order valence-corrected chi connectivity index (χ0v) is 25.1. The lowest BCUT2D eigenvalue weighted by Crippen LogP contribution is -2.27. The van der Waals surface area contributed by atoms with Gasteiger partial charge in [0, 0.05) is 28.6 Å². The molecule has 0 bridgehead atoms. The predicted octanol–water partition coefficient (Wildman–Crippen LogP) is 7.65.